The van der Waals surface area contributed by atoms with E-state index in [-0.39, 0.29) is 0 Å². The summed E-state index contributed by atoms with van der Waals surface area (Å²) in [5, 5.41) is 24.3. The van der Waals surface area contributed by atoms with E-state index in [0.29, 0.717) is 17.1 Å². The molecule has 1 atom stereocenters. The molecule has 2 aromatic rings. The summed E-state index contributed by atoms with van der Waals surface area (Å²) in [4.78, 5) is 0. The Bertz CT molecular complexity index is 666. The highest BCUT2D eigenvalue weighted by molar-refractivity contribution is 6.30. The Morgan fingerprint density at radius 2 is 2.00 bits per heavy atom. The van der Waals surface area contributed by atoms with E-state index in [4.69, 9.17) is 16.9 Å². The number of benzene rings is 1. The van der Waals surface area contributed by atoms with Gasteiger partial charge >= 0.3 is 0 Å². The van der Waals surface area contributed by atoms with Crippen molar-refractivity contribution in [1.82, 2.24) is 9.78 Å². The zero-order chi connectivity index (χ0) is 14.9. The molecule has 0 bridgehead atoms. The Hall–Kier alpha value is -1.83. The summed E-state index contributed by atoms with van der Waals surface area (Å²) in [6.45, 7) is 3.60. The van der Waals surface area contributed by atoms with E-state index >= 15 is 0 Å². The van der Waals surface area contributed by atoms with Gasteiger partial charge in [0, 0.05) is 19.0 Å². The molecule has 2 rings (SSSR count). The molecule has 4 nitrogen and oxygen atoms in total. The highest BCUT2D eigenvalue weighted by Crippen LogP contribution is 2.30. The largest absolute Gasteiger partial charge is 0.385 e. The molecule has 5 heteroatoms. The van der Waals surface area contributed by atoms with Crippen molar-refractivity contribution in [1.29, 1.82) is 5.26 Å². The Morgan fingerprint density at radius 3 is 2.45 bits per heavy atom. The van der Waals surface area contributed by atoms with Gasteiger partial charge in [0.15, 0.2) is 0 Å². The molecular formula is C15H16ClN3O. The zero-order valence-electron chi connectivity index (χ0n) is 11.7. The van der Waals surface area contributed by atoms with E-state index in [9.17, 15) is 5.11 Å². The van der Waals surface area contributed by atoms with E-state index in [1.54, 1.807) is 42.9 Å². The maximum Gasteiger partial charge on any atom is 0.130 e. The number of rotatable bonds is 3. The van der Waals surface area contributed by atoms with Gasteiger partial charge in [-0.2, -0.15) is 10.4 Å². The minimum absolute atomic E-state index is 0.372. The number of aryl methyl sites for hydroxylation is 2. The summed E-state index contributed by atoms with van der Waals surface area (Å²) >= 11 is 6.20. The first-order valence-corrected chi connectivity index (χ1v) is 6.64. The van der Waals surface area contributed by atoms with Gasteiger partial charge in [-0.15, -0.1) is 0 Å². The Kier molecular flexibility index (Phi) is 3.85. The van der Waals surface area contributed by atoms with Crippen molar-refractivity contribution in [2.45, 2.75) is 25.9 Å². The lowest BCUT2D eigenvalue weighted by atomic mass is 9.89. The number of nitriles is 1. The van der Waals surface area contributed by atoms with Crippen LogP contribution in [-0.2, 0) is 19.1 Å². The third-order valence-corrected chi connectivity index (χ3v) is 3.90. The topological polar surface area (TPSA) is 61.8 Å². The molecular weight excluding hydrogens is 274 g/mol. The Morgan fingerprint density at radius 1 is 1.40 bits per heavy atom. The predicted octanol–water partition coefficient (Wildman–Crippen LogP) is 2.70. The fourth-order valence-corrected chi connectivity index (χ4v) is 2.47. The summed E-state index contributed by atoms with van der Waals surface area (Å²) < 4.78 is 1.60. The summed E-state index contributed by atoms with van der Waals surface area (Å²) in [6.07, 6.45) is 0.372. The highest BCUT2D eigenvalue weighted by atomic mass is 35.5. The van der Waals surface area contributed by atoms with Crippen LogP contribution in [0.25, 0.3) is 0 Å². The number of aliphatic hydroxyl groups is 1. The van der Waals surface area contributed by atoms with E-state index in [1.165, 1.54) is 0 Å². The molecule has 1 heterocycles. The van der Waals surface area contributed by atoms with Gasteiger partial charge in [0.25, 0.3) is 0 Å². The second-order valence-electron chi connectivity index (χ2n) is 5.12. The van der Waals surface area contributed by atoms with Crippen molar-refractivity contribution in [3.05, 3.63) is 51.8 Å². The Balaban J connectivity index is 2.32. The van der Waals surface area contributed by atoms with Crippen molar-refractivity contribution >= 4 is 11.6 Å². The smallest absolute Gasteiger partial charge is 0.130 e. The maximum atomic E-state index is 10.7. The fraction of sp³-hybridized carbons (Fsp3) is 0.333. The van der Waals surface area contributed by atoms with Gasteiger partial charge in [0.2, 0.25) is 0 Å². The molecule has 0 aliphatic heterocycles. The summed E-state index contributed by atoms with van der Waals surface area (Å²) in [7, 11) is 1.77. The summed E-state index contributed by atoms with van der Waals surface area (Å²) in [6, 6.07) is 8.98. The van der Waals surface area contributed by atoms with Crippen LogP contribution in [0.2, 0.25) is 5.15 Å². The maximum absolute atomic E-state index is 10.7. The minimum Gasteiger partial charge on any atom is -0.385 e. The molecule has 104 valence electrons. The molecule has 1 N–H and O–H groups in total. The normalized spacial score (nSPS) is 13.8. The van der Waals surface area contributed by atoms with E-state index in [1.807, 2.05) is 6.92 Å². The molecule has 0 aliphatic rings. The lowest BCUT2D eigenvalue weighted by Gasteiger charge is -2.24. The quantitative estimate of drug-likeness (QED) is 0.945. The molecule has 0 saturated carbocycles. The van der Waals surface area contributed by atoms with Crippen LogP contribution in [0.5, 0.6) is 0 Å². The third-order valence-electron chi connectivity index (χ3n) is 3.43. The van der Waals surface area contributed by atoms with Gasteiger partial charge in [-0.25, -0.2) is 0 Å². The number of halogens is 1. The van der Waals surface area contributed by atoms with Crippen molar-refractivity contribution in [3.63, 3.8) is 0 Å². The second-order valence-corrected chi connectivity index (χ2v) is 5.48. The van der Waals surface area contributed by atoms with E-state index in [2.05, 4.69) is 11.2 Å². The van der Waals surface area contributed by atoms with Crippen molar-refractivity contribution in [2.75, 3.05) is 0 Å². The molecule has 1 aromatic carbocycles. The molecule has 1 aromatic heterocycles. The van der Waals surface area contributed by atoms with Gasteiger partial charge in [-0.05, 0) is 31.5 Å². The third kappa shape index (κ3) is 2.69. The standard InChI is InChI=1S/C15H16ClN3O/c1-10-13(14(16)19(3)18-10)8-15(2,20)12-6-4-11(9-17)5-7-12/h4-7,20H,8H2,1-3H3. The fourth-order valence-electron chi connectivity index (χ4n) is 2.22. The lowest BCUT2D eigenvalue weighted by Crippen LogP contribution is -2.24. The Labute approximate surface area is 123 Å². The summed E-state index contributed by atoms with van der Waals surface area (Å²) in [5.41, 5.74) is 1.90. The van der Waals surface area contributed by atoms with E-state index < -0.39 is 5.60 Å². The molecule has 1 unspecified atom stereocenters. The molecule has 0 spiro atoms. The number of hydrogen-bond donors (Lipinski definition) is 1. The van der Waals surface area contributed by atoms with Crippen LogP contribution in [0.3, 0.4) is 0 Å². The molecule has 0 amide bonds. The van der Waals surface area contributed by atoms with Crippen LogP contribution in [0.1, 0.15) is 29.3 Å². The van der Waals surface area contributed by atoms with Gasteiger partial charge in [0.1, 0.15) is 5.15 Å². The van der Waals surface area contributed by atoms with Crippen LogP contribution in [0.4, 0.5) is 0 Å². The van der Waals surface area contributed by atoms with Gasteiger partial charge in [-0.3, -0.25) is 4.68 Å². The first-order chi connectivity index (χ1) is 9.35. The molecule has 20 heavy (non-hydrogen) atoms. The van der Waals surface area contributed by atoms with Crippen molar-refractivity contribution in [3.8, 4) is 6.07 Å². The van der Waals surface area contributed by atoms with Gasteiger partial charge in [0.05, 0.1) is 22.9 Å². The van der Waals surface area contributed by atoms with Crippen LogP contribution < -0.4 is 0 Å². The van der Waals surface area contributed by atoms with Gasteiger partial charge in [-0.1, -0.05) is 23.7 Å². The second kappa shape index (κ2) is 5.28. The average Bonchev–Trinajstić information content (AvgIpc) is 2.65. The monoisotopic (exact) mass is 289 g/mol. The average molecular weight is 290 g/mol. The lowest BCUT2D eigenvalue weighted by molar-refractivity contribution is 0.0574. The minimum atomic E-state index is -1.06. The first kappa shape index (κ1) is 14.6. The molecule has 0 fully saturated rings. The van der Waals surface area contributed by atoms with Crippen molar-refractivity contribution < 1.29 is 5.11 Å². The van der Waals surface area contributed by atoms with Crippen LogP contribution in [0.15, 0.2) is 24.3 Å². The predicted molar refractivity (Wildman–Crippen MR) is 77.4 cm³/mol. The number of hydrogen-bond acceptors (Lipinski definition) is 3. The molecule has 0 saturated heterocycles. The van der Waals surface area contributed by atoms with Crippen LogP contribution in [-0.4, -0.2) is 14.9 Å². The molecule has 0 radical (unpaired) electrons. The number of aromatic nitrogens is 2. The zero-order valence-corrected chi connectivity index (χ0v) is 12.4. The molecule has 0 aliphatic carbocycles. The van der Waals surface area contributed by atoms with Gasteiger partial charge < -0.3 is 5.11 Å². The van der Waals surface area contributed by atoms with E-state index in [0.717, 1.165) is 16.8 Å². The first-order valence-electron chi connectivity index (χ1n) is 6.26. The van der Waals surface area contributed by atoms with Crippen LogP contribution >= 0.6 is 11.6 Å². The number of nitrogens with zero attached hydrogens (tertiary/aromatic N) is 3. The van der Waals surface area contributed by atoms with Crippen LogP contribution in [0, 0.1) is 18.3 Å². The highest BCUT2D eigenvalue weighted by Gasteiger charge is 2.27. The summed E-state index contributed by atoms with van der Waals surface area (Å²) in [5.74, 6) is 0. The van der Waals surface area contributed by atoms with Crippen molar-refractivity contribution in [2.24, 2.45) is 7.05 Å². The SMILES string of the molecule is Cc1nn(C)c(Cl)c1CC(C)(O)c1ccc(C#N)cc1.